The number of aliphatic imine (C=N–C) groups is 1. The minimum Gasteiger partial charge on any atom is -0.266 e. The number of nitrogens with zero attached hydrogens (tertiary/aromatic N) is 2. The molecule has 0 amide bonds. The van der Waals surface area contributed by atoms with Crippen molar-refractivity contribution < 1.29 is 0 Å². The highest BCUT2D eigenvalue weighted by Crippen LogP contribution is 2.36. The number of unbranched alkanes of at least 4 members (excludes halogenated alkanes) is 1. The molecule has 0 saturated heterocycles. The molecule has 0 aromatic heterocycles. The molecule has 0 heterocycles. The van der Waals surface area contributed by atoms with E-state index in [-0.39, 0.29) is 6.04 Å². The van der Waals surface area contributed by atoms with Gasteiger partial charge in [0.15, 0.2) is 0 Å². The summed E-state index contributed by atoms with van der Waals surface area (Å²) in [7, 11) is 0. The number of fused-ring (bicyclic) bond motifs is 3. The standard InChI is InChI=1S/C19H18N2/c1-2-3-8-14(13-20)21-19-17-11-6-4-9-15(17)16-10-5-7-12-18(16)19/h4-7,9-12,14H,2-3,8H2,1H3. The highest BCUT2D eigenvalue weighted by molar-refractivity contribution is 6.24. The molecule has 0 saturated carbocycles. The summed E-state index contributed by atoms with van der Waals surface area (Å²) in [5.41, 5.74) is 5.72. The lowest BCUT2D eigenvalue weighted by molar-refractivity contribution is 0.664. The van der Waals surface area contributed by atoms with E-state index < -0.39 is 0 Å². The Morgan fingerprint density at radius 1 is 0.952 bits per heavy atom. The molecule has 2 nitrogen and oxygen atoms in total. The Morgan fingerprint density at radius 3 is 1.95 bits per heavy atom. The SMILES string of the molecule is CCCCC(C#N)N=C1c2ccccc2-c2ccccc21. The van der Waals surface area contributed by atoms with Gasteiger partial charge in [0.1, 0.15) is 6.04 Å². The van der Waals surface area contributed by atoms with Crippen LogP contribution in [-0.4, -0.2) is 11.8 Å². The lowest BCUT2D eigenvalue weighted by Gasteiger charge is -2.06. The van der Waals surface area contributed by atoms with Crippen molar-refractivity contribution in [3.05, 3.63) is 59.7 Å². The number of hydrogen-bond donors (Lipinski definition) is 0. The number of rotatable bonds is 4. The van der Waals surface area contributed by atoms with Crippen molar-refractivity contribution in [1.29, 1.82) is 5.26 Å². The zero-order valence-corrected chi connectivity index (χ0v) is 12.2. The fourth-order valence-electron chi connectivity index (χ4n) is 2.84. The normalized spacial score (nSPS) is 13.2. The lowest BCUT2D eigenvalue weighted by atomic mass is 10.1. The van der Waals surface area contributed by atoms with Gasteiger partial charge in [-0.25, -0.2) is 0 Å². The maximum absolute atomic E-state index is 9.35. The first kappa shape index (κ1) is 13.6. The molecule has 1 aliphatic rings. The molecule has 1 atom stereocenters. The largest absolute Gasteiger partial charge is 0.266 e. The molecule has 2 heteroatoms. The van der Waals surface area contributed by atoms with Crippen LogP contribution in [0.1, 0.15) is 37.3 Å². The molecule has 0 radical (unpaired) electrons. The smallest absolute Gasteiger partial charge is 0.137 e. The third kappa shape index (κ3) is 2.48. The van der Waals surface area contributed by atoms with Gasteiger partial charge in [-0.3, -0.25) is 4.99 Å². The summed E-state index contributed by atoms with van der Waals surface area (Å²) < 4.78 is 0. The van der Waals surface area contributed by atoms with E-state index in [1.807, 2.05) is 12.1 Å². The van der Waals surface area contributed by atoms with Crippen molar-refractivity contribution in [3.63, 3.8) is 0 Å². The van der Waals surface area contributed by atoms with Crippen LogP contribution in [0, 0.1) is 11.3 Å². The predicted molar refractivity (Wildman–Crippen MR) is 86.4 cm³/mol. The monoisotopic (exact) mass is 274 g/mol. The summed E-state index contributed by atoms with van der Waals surface area (Å²) in [5.74, 6) is 0. The minimum atomic E-state index is -0.251. The Morgan fingerprint density at radius 2 is 1.48 bits per heavy atom. The summed E-state index contributed by atoms with van der Waals surface area (Å²) in [6.45, 7) is 2.14. The first-order chi connectivity index (χ1) is 10.3. The molecule has 0 N–H and O–H groups in total. The Kier molecular flexibility index (Phi) is 3.83. The topological polar surface area (TPSA) is 36.1 Å². The second kappa shape index (κ2) is 5.93. The van der Waals surface area contributed by atoms with E-state index in [0.29, 0.717) is 0 Å². The number of hydrogen-bond acceptors (Lipinski definition) is 2. The van der Waals surface area contributed by atoms with Gasteiger partial charge < -0.3 is 0 Å². The zero-order chi connectivity index (χ0) is 14.7. The van der Waals surface area contributed by atoms with Gasteiger partial charge in [0.2, 0.25) is 0 Å². The van der Waals surface area contributed by atoms with E-state index in [2.05, 4.69) is 49.4 Å². The Hall–Kier alpha value is -2.40. The Balaban J connectivity index is 2.08. The summed E-state index contributed by atoms with van der Waals surface area (Å²) in [4.78, 5) is 4.77. The predicted octanol–water partition coefficient (Wildman–Crippen LogP) is 4.59. The lowest BCUT2D eigenvalue weighted by Crippen LogP contribution is -2.07. The van der Waals surface area contributed by atoms with Crippen LogP contribution < -0.4 is 0 Å². The molecular formula is C19H18N2. The summed E-state index contributed by atoms with van der Waals surface area (Å²) >= 11 is 0. The maximum atomic E-state index is 9.35. The molecule has 0 fully saturated rings. The third-order valence-corrected chi connectivity index (χ3v) is 3.92. The molecule has 0 bridgehead atoms. The molecule has 0 spiro atoms. The third-order valence-electron chi connectivity index (χ3n) is 3.92. The van der Waals surface area contributed by atoms with Crippen molar-refractivity contribution in [2.75, 3.05) is 0 Å². The van der Waals surface area contributed by atoms with Crippen molar-refractivity contribution >= 4 is 5.71 Å². The molecule has 0 aliphatic heterocycles. The fraction of sp³-hybridized carbons (Fsp3) is 0.263. The molecule has 1 unspecified atom stereocenters. The van der Waals surface area contributed by atoms with Gasteiger partial charge in [-0.2, -0.15) is 5.26 Å². The molecule has 21 heavy (non-hydrogen) atoms. The molecule has 2 aromatic rings. The van der Waals surface area contributed by atoms with Gasteiger partial charge in [0.25, 0.3) is 0 Å². The molecule has 104 valence electrons. The Bertz CT molecular complexity index is 675. The minimum absolute atomic E-state index is 0.251. The van der Waals surface area contributed by atoms with Gasteiger partial charge in [0.05, 0.1) is 11.8 Å². The van der Waals surface area contributed by atoms with Crippen LogP contribution >= 0.6 is 0 Å². The van der Waals surface area contributed by atoms with Crippen molar-refractivity contribution in [2.24, 2.45) is 4.99 Å². The highest BCUT2D eigenvalue weighted by atomic mass is 14.8. The molecule has 1 aliphatic carbocycles. The van der Waals surface area contributed by atoms with Crippen LogP contribution in [0.15, 0.2) is 53.5 Å². The van der Waals surface area contributed by atoms with E-state index >= 15 is 0 Å². The fourth-order valence-corrected chi connectivity index (χ4v) is 2.84. The molecule has 3 rings (SSSR count). The van der Waals surface area contributed by atoms with Gasteiger partial charge >= 0.3 is 0 Å². The first-order valence-corrected chi connectivity index (χ1v) is 7.51. The zero-order valence-electron chi connectivity index (χ0n) is 12.2. The average Bonchev–Trinajstić information content (AvgIpc) is 2.86. The van der Waals surface area contributed by atoms with Crippen molar-refractivity contribution in [1.82, 2.24) is 0 Å². The number of benzene rings is 2. The van der Waals surface area contributed by atoms with Crippen molar-refractivity contribution in [3.8, 4) is 17.2 Å². The van der Waals surface area contributed by atoms with E-state index in [1.165, 1.54) is 11.1 Å². The van der Waals surface area contributed by atoms with Crippen LogP contribution in [-0.2, 0) is 0 Å². The van der Waals surface area contributed by atoms with E-state index in [4.69, 9.17) is 4.99 Å². The average molecular weight is 274 g/mol. The maximum Gasteiger partial charge on any atom is 0.137 e. The Labute approximate surface area is 125 Å². The van der Waals surface area contributed by atoms with Crippen LogP contribution in [0.2, 0.25) is 0 Å². The van der Waals surface area contributed by atoms with Crippen molar-refractivity contribution in [2.45, 2.75) is 32.2 Å². The van der Waals surface area contributed by atoms with E-state index in [1.54, 1.807) is 0 Å². The van der Waals surface area contributed by atoms with Crippen LogP contribution in [0.25, 0.3) is 11.1 Å². The van der Waals surface area contributed by atoms with Gasteiger partial charge in [-0.15, -0.1) is 0 Å². The van der Waals surface area contributed by atoms with E-state index in [0.717, 1.165) is 36.1 Å². The van der Waals surface area contributed by atoms with Gasteiger partial charge in [-0.05, 0) is 17.5 Å². The van der Waals surface area contributed by atoms with Crippen LogP contribution in [0.3, 0.4) is 0 Å². The van der Waals surface area contributed by atoms with E-state index in [9.17, 15) is 5.26 Å². The first-order valence-electron chi connectivity index (χ1n) is 7.51. The second-order valence-electron chi connectivity index (χ2n) is 5.36. The quantitative estimate of drug-likeness (QED) is 0.685. The summed E-state index contributed by atoms with van der Waals surface area (Å²) in [6, 6.07) is 18.7. The molecule has 2 aromatic carbocycles. The summed E-state index contributed by atoms with van der Waals surface area (Å²) in [5, 5.41) is 9.35. The van der Waals surface area contributed by atoms with Crippen LogP contribution in [0.5, 0.6) is 0 Å². The second-order valence-corrected chi connectivity index (χ2v) is 5.36. The molecular weight excluding hydrogens is 256 g/mol. The summed E-state index contributed by atoms with van der Waals surface area (Å²) in [6.07, 6.45) is 2.97. The van der Waals surface area contributed by atoms with Crippen LogP contribution in [0.4, 0.5) is 0 Å². The van der Waals surface area contributed by atoms with Gasteiger partial charge in [0, 0.05) is 11.1 Å². The van der Waals surface area contributed by atoms with Gasteiger partial charge in [-0.1, -0.05) is 68.3 Å². The number of nitriles is 1. The highest BCUT2D eigenvalue weighted by Gasteiger charge is 2.24.